The topological polar surface area (TPSA) is 106 Å². The van der Waals surface area contributed by atoms with Crippen molar-refractivity contribution >= 4 is 17.9 Å². The molecule has 136 valence electrons. The van der Waals surface area contributed by atoms with E-state index < -0.39 is 30.1 Å². The van der Waals surface area contributed by atoms with Crippen LogP contribution in [0.15, 0.2) is 53.5 Å². The maximum atomic E-state index is 12.4. The van der Waals surface area contributed by atoms with Crippen molar-refractivity contribution in [3.63, 3.8) is 0 Å². The molecule has 2 rings (SSSR count). The predicted molar refractivity (Wildman–Crippen MR) is 93.7 cm³/mol. The number of urea groups is 1. The zero-order chi connectivity index (χ0) is 18.9. The van der Waals surface area contributed by atoms with E-state index in [1.54, 1.807) is 19.2 Å². The summed E-state index contributed by atoms with van der Waals surface area (Å²) >= 11 is 0. The number of amides is 3. The number of imide groups is 1. The molecule has 2 N–H and O–H groups in total. The van der Waals surface area contributed by atoms with Crippen molar-refractivity contribution in [1.29, 1.82) is 0 Å². The van der Waals surface area contributed by atoms with Crippen LogP contribution in [0.4, 0.5) is 4.79 Å². The first-order valence-corrected chi connectivity index (χ1v) is 7.99. The second-order valence-electron chi connectivity index (χ2n) is 5.32. The Labute approximate surface area is 149 Å². The lowest BCUT2D eigenvalue weighted by Gasteiger charge is -2.09. The van der Waals surface area contributed by atoms with Gasteiger partial charge >= 0.3 is 12.0 Å². The van der Waals surface area contributed by atoms with E-state index in [1.165, 1.54) is 10.6 Å². The monoisotopic (exact) mass is 357 g/mol. The fraction of sp³-hybridized carbons (Fsp3) is 0.222. The summed E-state index contributed by atoms with van der Waals surface area (Å²) in [5, 5.41) is 4.37. The SMILES string of the molecule is CCNC(=O)NC(=O)COC(=O)c1cccn(Cc2ccccc2)c1=O. The van der Waals surface area contributed by atoms with Crippen LogP contribution in [0, 0.1) is 0 Å². The number of nitrogens with one attached hydrogen (secondary N) is 2. The predicted octanol–water partition coefficient (Wildman–Crippen LogP) is 0.899. The Kier molecular flexibility index (Phi) is 6.67. The van der Waals surface area contributed by atoms with E-state index in [1.807, 2.05) is 35.6 Å². The number of esters is 1. The van der Waals surface area contributed by atoms with E-state index in [0.29, 0.717) is 13.1 Å². The number of hydrogen-bond donors (Lipinski definition) is 2. The number of carbonyl (C=O) groups is 3. The highest BCUT2D eigenvalue weighted by molar-refractivity contribution is 5.96. The van der Waals surface area contributed by atoms with Gasteiger partial charge in [0, 0.05) is 12.7 Å². The molecule has 0 saturated heterocycles. The minimum Gasteiger partial charge on any atom is -0.452 e. The van der Waals surface area contributed by atoms with Gasteiger partial charge in [-0.15, -0.1) is 0 Å². The van der Waals surface area contributed by atoms with Gasteiger partial charge in [0.2, 0.25) is 0 Å². The van der Waals surface area contributed by atoms with Crippen molar-refractivity contribution in [3.05, 3.63) is 70.1 Å². The molecule has 1 heterocycles. The van der Waals surface area contributed by atoms with Crippen molar-refractivity contribution in [3.8, 4) is 0 Å². The third-order valence-electron chi connectivity index (χ3n) is 3.36. The number of nitrogens with zero attached hydrogens (tertiary/aromatic N) is 1. The maximum absolute atomic E-state index is 12.4. The summed E-state index contributed by atoms with van der Waals surface area (Å²) in [6.07, 6.45) is 1.56. The molecule has 0 unspecified atom stereocenters. The fourth-order valence-corrected chi connectivity index (χ4v) is 2.17. The molecule has 0 aliphatic rings. The van der Waals surface area contributed by atoms with Gasteiger partial charge in [-0.2, -0.15) is 0 Å². The van der Waals surface area contributed by atoms with Crippen LogP contribution in [-0.2, 0) is 16.1 Å². The molecule has 8 heteroatoms. The first-order chi connectivity index (χ1) is 12.5. The van der Waals surface area contributed by atoms with Crippen LogP contribution in [0.5, 0.6) is 0 Å². The number of benzene rings is 1. The molecule has 1 aromatic heterocycles. The molecule has 26 heavy (non-hydrogen) atoms. The summed E-state index contributed by atoms with van der Waals surface area (Å²) in [6.45, 7) is 1.69. The number of aromatic nitrogens is 1. The number of rotatable bonds is 6. The van der Waals surface area contributed by atoms with Crippen LogP contribution in [0.3, 0.4) is 0 Å². The summed E-state index contributed by atoms with van der Waals surface area (Å²) in [7, 11) is 0. The Balaban J connectivity index is 2.01. The lowest BCUT2D eigenvalue weighted by Crippen LogP contribution is -2.41. The number of carbonyl (C=O) groups excluding carboxylic acids is 3. The molecule has 0 atom stereocenters. The molecule has 0 spiro atoms. The summed E-state index contributed by atoms with van der Waals surface area (Å²) in [6, 6.07) is 11.5. The van der Waals surface area contributed by atoms with E-state index >= 15 is 0 Å². The minimum atomic E-state index is -0.927. The van der Waals surface area contributed by atoms with Gasteiger partial charge in [0.1, 0.15) is 5.56 Å². The quantitative estimate of drug-likeness (QED) is 0.747. The largest absolute Gasteiger partial charge is 0.452 e. The number of ether oxygens (including phenoxy) is 1. The van der Waals surface area contributed by atoms with Crippen LogP contribution in [-0.4, -0.2) is 35.6 Å². The van der Waals surface area contributed by atoms with Crippen LogP contribution < -0.4 is 16.2 Å². The summed E-state index contributed by atoms with van der Waals surface area (Å²) in [5.41, 5.74) is 0.196. The zero-order valence-electron chi connectivity index (χ0n) is 14.2. The van der Waals surface area contributed by atoms with Gasteiger partial charge in [0.15, 0.2) is 6.61 Å². The molecule has 1 aromatic carbocycles. The highest BCUT2D eigenvalue weighted by atomic mass is 16.5. The van der Waals surface area contributed by atoms with Gasteiger partial charge in [-0.3, -0.25) is 14.9 Å². The second-order valence-corrected chi connectivity index (χ2v) is 5.32. The van der Waals surface area contributed by atoms with E-state index in [0.717, 1.165) is 5.56 Å². The number of hydrogen-bond acceptors (Lipinski definition) is 5. The molecule has 8 nitrogen and oxygen atoms in total. The van der Waals surface area contributed by atoms with E-state index in [9.17, 15) is 19.2 Å². The third-order valence-corrected chi connectivity index (χ3v) is 3.36. The number of pyridine rings is 1. The standard InChI is InChI=1S/C18H19N3O5/c1-2-19-18(25)20-15(22)12-26-17(24)14-9-6-10-21(16(14)23)11-13-7-4-3-5-8-13/h3-10H,2,11-12H2,1H3,(H2,19,20,22,25). The summed E-state index contributed by atoms with van der Waals surface area (Å²) < 4.78 is 6.19. The minimum absolute atomic E-state index is 0.186. The average Bonchev–Trinajstić information content (AvgIpc) is 2.62. The van der Waals surface area contributed by atoms with E-state index in [-0.39, 0.29) is 5.56 Å². The van der Waals surface area contributed by atoms with Crippen LogP contribution >= 0.6 is 0 Å². The highest BCUT2D eigenvalue weighted by Crippen LogP contribution is 2.02. The van der Waals surface area contributed by atoms with Crippen LogP contribution in [0.1, 0.15) is 22.8 Å². The molecule has 0 fully saturated rings. The molecule has 2 aromatic rings. The average molecular weight is 357 g/mol. The second kappa shape index (κ2) is 9.16. The Hall–Kier alpha value is -3.42. The first-order valence-electron chi connectivity index (χ1n) is 7.99. The van der Waals surface area contributed by atoms with Crippen molar-refractivity contribution in [2.45, 2.75) is 13.5 Å². The van der Waals surface area contributed by atoms with Crippen molar-refractivity contribution < 1.29 is 19.1 Å². The molecular weight excluding hydrogens is 338 g/mol. The maximum Gasteiger partial charge on any atom is 0.344 e. The van der Waals surface area contributed by atoms with Gasteiger partial charge in [0.25, 0.3) is 11.5 Å². The highest BCUT2D eigenvalue weighted by Gasteiger charge is 2.16. The van der Waals surface area contributed by atoms with Gasteiger partial charge in [0.05, 0.1) is 6.54 Å². The normalized spacial score (nSPS) is 10.0. The lowest BCUT2D eigenvalue weighted by molar-refractivity contribution is -0.123. The summed E-state index contributed by atoms with van der Waals surface area (Å²) in [5.74, 6) is -1.71. The molecule has 0 aliphatic carbocycles. The van der Waals surface area contributed by atoms with Crippen molar-refractivity contribution in [1.82, 2.24) is 15.2 Å². The van der Waals surface area contributed by atoms with Gasteiger partial charge < -0.3 is 14.6 Å². The van der Waals surface area contributed by atoms with E-state index in [4.69, 9.17) is 4.74 Å². The smallest absolute Gasteiger partial charge is 0.344 e. The molecule has 0 aliphatic heterocycles. The molecule has 0 saturated carbocycles. The van der Waals surface area contributed by atoms with Crippen molar-refractivity contribution in [2.24, 2.45) is 0 Å². The first kappa shape index (κ1) is 18.9. The molecule has 0 bridgehead atoms. The third kappa shape index (κ3) is 5.30. The van der Waals surface area contributed by atoms with Crippen LogP contribution in [0.2, 0.25) is 0 Å². The Bertz CT molecular complexity index is 845. The Morgan fingerprint density at radius 3 is 2.50 bits per heavy atom. The van der Waals surface area contributed by atoms with Gasteiger partial charge in [-0.1, -0.05) is 30.3 Å². The lowest BCUT2D eigenvalue weighted by atomic mass is 10.2. The Morgan fingerprint density at radius 2 is 1.81 bits per heavy atom. The van der Waals surface area contributed by atoms with Crippen LogP contribution in [0.25, 0.3) is 0 Å². The zero-order valence-corrected chi connectivity index (χ0v) is 14.2. The van der Waals surface area contributed by atoms with E-state index in [2.05, 4.69) is 5.32 Å². The molecule has 0 radical (unpaired) electrons. The fourth-order valence-electron chi connectivity index (χ4n) is 2.17. The molecule has 3 amide bonds. The summed E-state index contributed by atoms with van der Waals surface area (Å²) in [4.78, 5) is 47.2. The van der Waals surface area contributed by atoms with Gasteiger partial charge in [-0.25, -0.2) is 9.59 Å². The van der Waals surface area contributed by atoms with Crippen molar-refractivity contribution in [2.75, 3.05) is 13.2 Å². The Morgan fingerprint density at radius 1 is 1.08 bits per heavy atom. The van der Waals surface area contributed by atoms with Gasteiger partial charge in [-0.05, 0) is 24.6 Å². The molecular formula is C18H19N3O5.